The molecule has 0 aliphatic carbocycles. The Labute approximate surface area is 151 Å². The molecule has 1 N–H and O–H groups in total. The molecule has 0 bridgehead atoms. The molecule has 0 saturated carbocycles. The molecule has 0 saturated heterocycles. The van der Waals surface area contributed by atoms with Gasteiger partial charge < -0.3 is 9.67 Å². The lowest BCUT2D eigenvalue weighted by Gasteiger charge is -2.07. The average Bonchev–Trinajstić information content (AvgIpc) is 3.00. The molecule has 2 aromatic rings. The van der Waals surface area contributed by atoms with Crippen LogP contribution in [0.1, 0.15) is 34.1 Å². The Hall–Kier alpha value is -0.920. The van der Waals surface area contributed by atoms with Gasteiger partial charge in [-0.05, 0) is 50.4 Å². The molecule has 2 heterocycles. The van der Waals surface area contributed by atoms with Gasteiger partial charge in [0.15, 0.2) is 0 Å². The minimum absolute atomic E-state index is 0.141. The maximum atomic E-state index is 12.9. The Balaban J connectivity index is 2.16. The number of hydrogen-bond acceptors (Lipinski definition) is 2. The van der Waals surface area contributed by atoms with E-state index in [2.05, 4.69) is 47.8 Å². The number of benzene rings is 1. The lowest BCUT2D eigenvalue weighted by molar-refractivity contribution is -0.138. The first-order valence-electron chi connectivity index (χ1n) is 6.53. The van der Waals surface area contributed by atoms with Gasteiger partial charge in [0.05, 0.1) is 14.9 Å². The largest absolute Gasteiger partial charge is 0.481 e. The molecule has 1 aromatic carbocycles. The van der Waals surface area contributed by atoms with Crippen molar-refractivity contribution in [2.75, 3.05) is 0 Å². The Morgan fingerprint density at radius 2 is 1.82 bits per heavy atom. The fourth-order valence-corrected chi connectivity index (χ4v) is 4.52. The van der Waals surface area contributed by atoms with Crippen LogP contribution >= 0.6 is 47.8 Å². The van der Waals surface area contributed by atoms with Gasteiger partial charge >= 0.3 is 5.97 Å². The molecule has 1 aliphatic rings. The van der Waals surface area contributed by atoms with Gasteiger partial charge in [0.2, 0.25) is 5.78 Å². The van der Waals surface area contributed by atoms with Crippen LogP contribution in [0, 0.1) is 0 Å². The first-order chi connectivity index (χ1) is 10.4. The minimum atomic E-state index is -0.871. The quantitative estimate of drug-likeness (QED) is 0.639. The molecule has 4 nitrogen and oxygen atoms in total. The number of carboxylic acid groups (broad SMARTS) is 1. The molecule has 0 spiro atoms. The molecule has 0 amide bonds. The van der Waals surface area contributed by atoms with Crippen LogP contribution in [-0.2, 0) is 11.3 Å². The summed E-state index contributed by atoms with van der Waals surface area (Å²) < 4.78 is 3.77. The van der Waals surface area contributed by atoms with E-state index in [9.17, 15) is 14.7 Å². The summed E-state index contributed by atoms with van der Waals surface area (Å²) in [6.07, 6.45) is 0.493. The highest BCUT2D eigenvalue weighted by atomic mass is 79.9. The summed E-state index contributed by atoms with van der Waals surface area (Å²) in [6, 6.07) is 7.20. The van der Waals surface area contributed by atoms with Crippen molar-refractivity contribution in [2.45, 2.75) is 18.9 Å². The normalized spacial score (nSPS) is 16.6. The molecule has 22 heavy (non-hydrogen) atoms. The zero-order chi connectivity index (χ0) is 16.0. The van der Waals surface area contributed by atoms with E-state index in [-0.39, 0.29) is 5.78 Å². The molecule has 0 radical (unpaired) electrons. The molecular formula is C15H10Br3NO3. The molecule has 1 atom stereocenters. The summed E-state index contributed by atoms with van der Waals surface area (Å²) in [6.45, 7) is 0.516. The van der Waals surface area contributed by atoms with Crippen molar-refractivity contribution in [3.63, 3.8) is 0 Å². The zero-order valence-electron chi connectivity index (χ0n) is 11.1. The number of ketones is 1. The molecule has 7 heteroatoms. The summed E-state index contributed by atoms with van der Waals surface area (Å²) >= 11 is 10.2. The van der Waals surface area contributed by atoms with Crippen LogP contribution in [0.25, 0.3) is 0 Å². The first-order valence-corrected chi connectivity index (χ1v) is 8.90. The zero-order valence-corrected chi connectivity index (χ0v) is 15.9. The Kier molecular flexibility index (Phi) is 4.31. The molecule has 3 rings (SSSR count). The van der Waals surface area contributed by atoms with Crippen molar-refractivity contribution in [2.24, 2.45) is 0 Å². The number of aliphatic carboxylic acids is 1. The second-order valence-corrected chi connectivity index (χ2v) is 7.44. The summed E-state index contributed by atoms with van der Waals surface area (Å²) in [7, 11) is 0. The molecule has 1 aliphatic heterocycles. The van der Waals surface area contributed by atoms with E-state index in [1.165, 1.54) is 0 Å². The van der Waals surface area contributed by atoms with E-state index in [4.69, 9.17) is 0 Å². The van der Waals surface area contributed by atoms with Crippen LogP contribution in [0.3, 0.4) is 0 Å². The van der Waals surface area contributed by atoms with Gasteiger partial charge in [0, 0.05) is 22.3 Å². The van der Waals surface area contributed by atoms with Crippen LogP contribution < -0.4 is 0 Å². The Bertz CT molecular complexity index is 798. The Morgan fingerprint density at radius 1 is 1.14 bits per heavy atom. The number of aromatic nitrogens is 1. The monoisotopic (exact) mass is 489 g/mol. The highest BCUT2D eigenvalue weighted by Gasteiger charge is 2.37. The van der Waals surface area contributed by atoms with Gasteiger partial charge in [-0.3, -0.25) is 9.59 Å². The van der Waals surface area contributed by atoms with E-state index >= 15 is 0 Å². The van der Waals surface area contributed by atoms with Crippen LogP contribution in [0.4, 0.5) is 0 Å². The first kappa shape index (κ1) is 16.0. The summed E-state index contributed by atoms with van der Waals surface area (Å²) in [5, 5.41) is 9.34. The van der Waals surface area contributed by atoms with E-state index in [1.54, 1.807) is 16.7 Å². The number of rotatable bonds is 3. The van der Waals surface area contributed by atoms with Gasteiger partial charge in [-0.1, -0.05) is 28.1 Å². The van der Waals surface area contributed by atoms with Crippen LogP contribution in [-0.4, -0.2) is 21.4 Å². The number of halogens is 3. The standard InChI is InChI=1S/C15H10Br3NO3/c16-9-4-2-1-3-7(9)14(20)13-11(18)10(17)12-8(15(21)22)5-6-19(12)13/h1-4,8H,5-6H2,(H,21,22). The van der Waals surface area contributed by atoms with Crippen LogP contribution in [0.15, 0.2) is 37.7 Å². The predicted molar refractivity (Wildman–Crippen MR) is 92.4 cm³/mol. The summed E-state index contributed by atoms with van der Waals surface area (Å²) in [4.78, 5) is 24.3. The molecule has 114 valence electrons. The van der Waals surface area contributed by atoms with Crippen molar-refractivity contribution >= 4 is 59.5 Å². The van der Waals surface area contributed by atoms with E-state index in [0.717, 1.165) is 0 Å². The Morgan fingerprint density at radius 3 is 2.45 bits per heavy atom. The highest BCUT2D eigenvalue weighted by Crippen LogP contribution is 2.43. The van der Waals surface area contributed by atoms with Gasteiger partial charge in [0.25, 0.3) is 0 Å². The van der Waals surface area contributed by atoms with Crippen molar-refractivity contribution in [1.82, 2.24) is 4.57 Å². The lowest BCUT2D eigenvalue weighted by Crippen LogP contribution is -2.11. The second-order valence-electron chi connectivity index (χ2n) is 5.00. The second kappa shape index (κ2) is 5.94. The highest BCUT2D eigenvalue weighted by molar-refractivity contribution is 9.13. The van der Waals surface area contributed by atoms with E-state index in [1.807, 2.05) is 12.1 Å². The lowest BCUT2D eigenvalue weighted by atomic mass is 10.1. The van der Waals surface area contributed by atoms with Gasteiger partial charge in [-0.15, -0.1) is 0 Å². The predicted octanol–water partition coefficient (Wildman–Crippen LogP) is 4.58. The third-order valence-corrected chi connectivity index (χ3v) is 6.59. The smallest absolute Gasteiger partial charge is 0.312 e. The van der Waals surface area contributed by atoms with Crippen molar-refractivity contribution < 1.29 is 14.7 Å². The molecule has 0 fully saturated rings. The van der Waals surface area contributed by atoms with Crippen molar-refractivity contribution in [3.8, 4) is 0 Å². The fourth-order valence-electron chi connectivity index (χ4n) is 2.78. The number of fused-ring (bicyclic) bond motifs is 1. The average molecular weight is 492 g/mol. The number of hydrogen-bond donors (Lipinski definition) is 1. The van der Waals surface area contributed by atoms with Crippen molar-refractivity contribution in [3.05, 3.63) is 54.6 Å². The maximum Gasteiger partial charge on any atom is 0.312 e. The minimum Gasteiger partial charge on any atom is -0.481 e. The third-order valence-electron chi connectivity index (χ3n) is 3.79. The number of carboxylic acids is 1. The molecule has 1 aromatic heterocycles. The summed E-state index contributed by atoms with van der Waals surface area (Å²) in [5.74, 6) is -1.60. The topological polar surface area (TPSA) is 59.3 Å². The van der Waals surface area contributed by atoms with E-state index in [0.29, 0.717) is 43.3 Å². The maximum absolute atomic E-state index is 12.9. The molecular weight excluding hydrogens is 482 g/mol. The van der Waals surface area contributed by atoms with Crippen LogP contribution in [0.2, 0.25) is 0 Å². The fraction of sp³-hybridized carbons (Fsp3) is 0.200. The van der Waals surface area contributed by atoms with Gasteiger partial charge in [0.1, 0.15) is 5.69 Å². The number of carbonyl (C=O) groups excluding carboxylic acids is 1. The SMILES string of the molecule is O=C(c1ccccc1Br)c1c(Br)c(Br)c2n1CCC2C(=O)O. The number of nitrogens with zero attached hydrogens (tertiary/aromatic N) is 1. The number of carbonyl (C=O) groups is 2. The van der Waals surface area contributed by atoms with E-state index < -0.39 is 11.9 Å². The van der Waals surface area contributed by atoms with Gasteiger partial charge in [-0.2, -0.15) is 0 Å². The van der Waals surface area contributed by atoms with Crippen molar-refractivity contribution in [1.29, 1.82) is 0 Å². The molecule has 1 unspecified atom stereocenters. The third kappa shape index (κ3) is 2.39. The van der Waals surface area contributed by atoms with Crippen LogP contribution in [0.5, 0.6) is 0 Å². The summed E-state index contributed by atoms with van der Waals surface area (Å²) in [5.41, 5.74) is 1.68. The van der Waals surface area contributed by atoms with Gasteiger partial charge in [-0.25, -0.2) is 0 Å².